The summed E-state index contributed by atoms with van der Waals surface area (Å²) in [6, 6.07) is 10.3. The molecule has 4 heterocycles. The predicted molar refractivity (Wildman–Crippen MR) is 135 cm³/mol. The number of piperidine rings is 2. The Morgan fingerprint density at radius 1 is 1.08 bits per heavy atom. The van der Waals surface area contributed by atoms with Gasteiger partial charge >= 0.3 is 5.97 Å². The van der Waals surface area contributed by atoms with Crippen LogP contribution in [0.25, 0.3) is 10.9 Å². The number of anilines is 4. The Morgan fingerprint density at radius 3 is 2.44 bits per heavy atom. The Kier molecular flexibility index (Phi) is 6.66. The molecule has 3 N–H and O–H groups in total. The van der Waals surface area contributed by atoms with Gasteiger partial charge in [0.1, 0.15) is 16.7 Å². The topological polar surface area (TPSA) is 151 Å². The molecule has 11 nitrogen and oxygen atoms in total. The second-order valence-corrected chi connectivity index (χ2v) is 9.42. The maximum Gasteiger partial charge on any atom is 0.303 e. The van der Waals surface area contributed by atoms with Crippen LogP contribution in [0.1, 0.15) is 32.1 Å². The van der Waals surface area contributed by atoms with E-state index in [2.05, 4.69) is 31.5 Å². The van der Waals surface area contributed by atoms with E-state index in [9.17, 15) is 14.9 Å². The monoisotopic (exact) mass is 488 g/mol. The van der Waals surface area contributed by atoms with Gasteiger partial charge in [0.05, 0.1) is 12.3 Å². The van der Waals surface area contributed by atoms with Crippen LogP contribution in [0.3, 0.4) is 0 Å². The smallest absolute Gasteiger partial charge is 0.303 e. The fraction of sp³-hybridized carbons (Fsp3) is 0.440. The van der Waals surface area contributed by atoms with Gasteiger partial charge in [0.25, 0.3) is 5.56 Å². The number of hydrogen-bond donors (Lipinski definition) is 3. The van der Waals surface area contributed by atoms with Gasteiger partial charge in [-0.25, -0.2) is 10.1 Å². The van der Waals surface area contributed by atoms with E-state index in [1.807, 2.05) is 29.2 Å². The average molecular weight is 489 g/mol. The summed E-state index contributed by atoms with van der Waals surface area (Å²) in [6.07, 6.45) is 4.99. The van der Waals surface area contributed by atoms with Crippen molar-refractivity contribution in [2.45, 2.75) is 32.1 Å². The second kappa shape index (κ2) is 10.2. The third-order valence-corrected chi connectivity index (χ3v) is 7.04. The average Bonchev–Trinajstić information content (AvgIpc) is 2.89. The normalized spacial score (nSPS) is 17.2. The SMILES string of the molecule is N#CC1CCN(c2nc(Nc3ccc(N4CCC(CC(=O)O)CC4)cc3)c3c(=O)[nH]ncc3n2)CC1. The molecule has 1 aromatic carbocycles. The fourth-order valence-corrected chi connectivity index (χ4v) is 4.97. The highest BCUT2D eigenvalue weighted by Crippen LogP contribution is 2.29. The van der Waals surface area contributed by atoms with Crippen molar-refractivity contribution in [2.24, 2.45) is 11.8 Å². The molecule has 0 radical (unpaired) electrons. The minimum Gasteiger partial charge on any atom is -0.481 e. The molecule has 2 aliphatic rings. The number of nitriles is 1. The summed E-state index contributed by atoms with van der Waals surface area (Å²) in [7, 11) is 0. The van der Waals surface area contributed by atoms with Crippen molar-refractivity contribution in [3.63, 3.8) is 0 Å². The van der Waals surface area contributed by atoms with Crippen molar-refractivity contribution < 1.29 is 9.90 Å². The number of aromatic amines is 1. The molecule has 2 aliphatic heterocycles. The number of H-pyrrole nitrogens is 1. The largest absolute Gasteiger partial charge is 0.481 e. The van der Waals surface area contributed by atoms with Crippen molar-refractivity contribution in [3.8, 4) is 6.07 Å². The summed E-state index contributed by atoms with van der Waals surface area (Å²) >= 11 is 0. The highest BCUT2D eigenvalue weighted by Gasteiger charge is 2.23. The number of aromatic nitrogens is 4. The summed E-state index contributed by atoms with van der Waals surface area (Å²) in [5.41, 5.74) is 1.94. The van der Waals surface area contributed by atoms with Gasteiger partial charge in [0.2, 0.25) is 5.95 Å². The number of fused-ring (bicyclic) bond motifs is 1. The maximum absolute atomic E-state index is 12.6. The summed E-state index contributed by atoms with van der Waals surface area (Å²) in [4.78, 5) is 37.1. The number of hydrogen-bond acceptors (Lipinski definition) is 9. The molecule has 36 heavy (non-hydrogen) atoms. The number of aliphatic carboxylic acids is 1. The third-order valence-electron chi connectivity index (χ3n) is 7.04. The molecule has 186 valence electrons. The molecule has 2 saturated heterocycles. The Hall–Kier alpha value is -4.20. The minimum atomic E-state index is -0.731. The van der Waals surface area contributed by atoms with Crippen molar-refractivity contribution >= 4 is 40.0 Å². The maximum atomic E-state index is 12.6. The first kappa shape index (κ1) is 23.5. The summed E-state index contributed by atoms with van der Waals surface area (Å²) in [6.45, 7) is 3.01. The molecular formula is C25H28N8O3. The van der Waals surface area contributed by atoms with Crippen LogP contribution in [0.15, 0.2) is 35.3 Å². The first-order chi connectivity index (χ1) is 17.5. The summed E-state index contributed by atoms with van der Waals surface area (Å²) < 4.78 is 0. The van der Waals surface area contributed by atoms with Crippen LogP contribution in [-0.4, -0.2) is 57.4 Å². The molecular weight excluding hydrogens is 460 g/mol. The Labute approximate surface area is 207 Å². The van der Waals surface area contributed by atoms with E-state index in [0.29, 0.717) is 35.8 Å². The lowest BCUT2D eigenvalue weighted by molar-refractivity contribution is -0.138. The zero-order valence-electron chi connectivity index (χ0n) is 19.9. The zero-order chi connectivity index (χ0) is 25.1. The van der Waals surface area contributed by atoms with E-state index in [1.165, 1.54) is 6.20 Å². The number of carbonyl (C=O) groups is 1. The molecule has 0 saturated carbocycles. The molecule has 0 aliphatic carbocycles. The van der Waals surface area contributed by atoms with Crippen molar-refractivity contribution in [1.29, 1.82) is 5.26 Å². The van der Waals surface area contributed by atoms with E-state index < -0.39 is 5.97 Å². The number of carboxylic acid groups (broad SMARTS) is 1. The van der Waals surface area contributed by atoms with E-state index >= 15 is 0 Å². The first-order valence-corrected chi connectivity index (χ1v) is 12.2. The molecule has 5 rings (SSSR count). The lowest BCUT2D eigenvalue weighted by atomic mass is 9.93. The highest BCUT2D eigenvalue weighted by atomic mass is 16.4. The molecule has 3 aromatic rings. The van der Waals surface area contributed by atoms with Crippen molar-refractivity contribution in [3.05, 3.63) is 40.8 Å². The van der Waals surface area contributed by atoms with Crippen LogP contribution in [0.2, 0.25) is 0 Å². The molecule has 11 heteroatoms. The Morgan fingerprint density at radius 2 is 1.78 bits per heavy atom. The van der Waals surface area contributed by atoms with E-state index in [1.54, 1.807) is 0 Å². The van der Waals surface area contributed by atoms with Gasteiger partial charge in [-0.3, -0.25) is 9.59 Å². The first-order valence-electron chi connectivity index (χ1n) is 12.2. The zero-order valence-corrected chi connectivity index (χ0v) is 19.9. The molecule has 0 unspecified atom stereocenters. The minimum absolute atomic E-state index is 0.0466. The van der Waals surface area contributed by atoms with Gasteiger partial charge in [-0.15, -0.1) is 0 Å². The summed E-state index contributed by atoms with van der Waals surface area (Å²) in [5, 5.41) is 28.2. The lowest BCUT2D eigenvalue weighted by Crippen LogP contribution is -2.34. The van der Waals surface area contributed by atoms with Gasteiger partial charge < -0.3 is 20.2 Å². The van der Waals surface area contributed by atoms with Crippen LogP contribution in [-0.2, 0) is 4.79 Å². The van der Waals surface area contributed by atoms with Crippen LogP contribution in [0.4, 0.5) is 23.1 Å². The van der Waals surface area contributed by atoms with Crippen LogP contribution >= 0.6 is 0 Å². The van der Waals surface area contributed by atoms with Crippen LogP contribution in [0.5, 0.6) is 0 Å². The second-order valence-electron chi connectivity index (χ2n) is 9.42. The lowest BCUT2D eigenvalue weighted by Gasteiger charge is -2.33. The van der Waals surface area contributed by atoms with E-state index in [-0.39, 0.29) is 23.8 Å². The summed E-state index contributed by atoms with van der Waals surface area (Å²) in [5.74, 6) is 0.465. The standard InChI is InChI=1S/C25H28N8O3/c26-14-17-7-11-33(12-8-17)25-29-20-15-27-31-24(36)22(20)23(30-25)28-18-1-3-19(4-2-18)32-9-5-16(6-10-32)13-21(34)35/h1-4,15-17H,5-13H2,(H,31,36)(H,34,35)(H,28,29,30). The number of nitrogens with one attached hydrogen (secondary N) is 2. The Bertz CT molecular complexity index is 1330. The van der Waals surface area contributed by atoms with Gasteiger partial charge in [0.15, 0.2) is 0 Å². The highest BCUT2D eigenvalue weighted by molar-refractivity contribution is 5.90. The number of nitrogens with zero attached hydrogens (tertiary/aromatic N) is 6. The number of benzene rings is 1. The van der Waals surface area contributed by atoms with Crippen LogP contribution < -0.4 is 20.7 Å². The van der Waals surface area contributed by atoms with Gasteiger partial charge in [-0.2, -0.15) is 15.3 Å². The molecule has 0 atom stereocenters. The van der Waals surface area contributed by atoms with Crippen molar-refractivity contribution in [2.75, 3.05) is 41.3 Å². The van der Waals surface area contributed by atoms with Crippen molar-refractivity contribution in [1.82, 2.24) is 20.2 Å². The van der Waals surface area contributed by atoms with Crippen LogP contribution in [0, 0.1) is 23.2 Å². The van der Waals surface area contributed by atoms with Gasteiger partial charge in [-0.1, -0.05) is 0 Å². The molecule has 0 amide bonds. The number of rotatable bonds is 6. The van der Waals surface area contributed by atoms with E-state index in [4.69, 9.17) is 10.1 Å². The number of carboxylic acids is 1. The third kappa shape index (κ3) is 5.07. The predicted octanol–water partition coefficient (Wildman–Crippen LogP) is 2.89. The van der Waals surface area contributed by atoms with Gasteiger partial charge in [-0.05, 0) is 55.9 Å². The quantitative estimate of drug-likeness (QED) is 0.472. The van der Waals surface area contributed by atoms with E-state index in [0.717, 1.165) is 50.1 Å². The molecule has 2 fully saturated rings. The molecule has 2 aromatic heterocycles. The molecule has 0 spiro atoms. The Balaban J connectivity index is 1.35. The molecule has 0 bridgehead atoms. The van der Waals surface area contributed by atoms with Gasteiger partial charge in [0, 0.05) is 49.9 Å². The fourth-order valence-electron chi connectivity index (χ4n) is 4.97.